The summed E-state index contributed by atoms with van der Waals surface area (Å²) in [6.45, 7) is 0.738. The lowest BCUT2D eigenvalue weighted by molar-refractivity contribution is 0.239. The van der Waals surface area contributed by atoms with Crippen LogP contribution in [0.25, 0.3) is 0 Å². The largest absolute Gasteiger partial charge is 0.493 e. The van der Waals surface area contributed by atoms with Crippen molar-refractivity contribution in [1.82, 2.24) is 0 Å². The van der Waals surface area contributed by atoms with Crippen molar-refractivity contribution in [1.29, 1.82) is 0 Å². The van der Waals surface area contributed by atoms with Crippen LogP contribution in [0.1, 0.15) is 31.2 Å². The predicted octanol–water partition coefficient (Wildman–Crippen LogP) is 4.66. The van der Waals surface area contributed by atoms with Crippen LogP contribution in [0, 0.1) is 5.92 Å². The summed E-state index contributed by atoms with van der Waals surface area (Å²) in [5, 5.41) is 0.621. The van der Waals surface area contributed by atoms with Crippen LogP contribution in [-0.2, 0) is 5.88 Å². The third-order valence-electron chi connectivity index (χ3n) is 3.40. The Morgan fingerprint density at radius 3 is 2.61 bits per heavy atom. The SMILES string of the molecule is COc1cc(Cl)cc(CCl)c1OCC1CCCC1. The molecular formula is C14H18Cl2O2. The van der Waals surface area contributed by atoms with E-state index in [9.17, 15) is 0 Å². The number of methoxy groups -OCH3 is 1. The van der Waals surface area contributed by atoms with Crippen molar-refractivity contribution in [3.05, 3.63) is 22.7 Å². The van der Waals surface area contributed by atoms with E-state index < -0.39 is 0 Å². The van der Waals surface area contributed by atoms with E-state index in [0.717, 1.165) is 17.9 Å². The summed E-state index contributed by atoms with van der Waals surface area (Å²) in [6, 6.07) is 3.60. The highest BCUT2D eigenvalue weighted by atomic mass is 35.5. The van der Waals surface area contributed by atoms with Crippen molar-refractivity contribution >= 4 is 23.2 Å². The second-order valence-electron chi connectivity index (χ2n) is 4.69. The maximum Gasteiger partial charge on any atom is 0.165 e. The molecule has 0 aromatic heterocycles. The molecule has 1 aliphatic carbocycles. The first-order valence-electron chi connectivity index (χ1n) is 6.29. The van der Waals surface area contributed by atoms with Crippen molar-refractivity contribution in [2.75, 3.05) is 13.7 Å². The van der Waals surface area contributed by atoms with Crippen LogP contribution < -0.4 is 9.47 Å². The number of benzene rings is 1. The molecule has 4 heteroatoms. The van der Waals surface area contributed by atoms with Gasteiger partial charge in [0.25, 0.3) is 0 Å². The molecule has 1 aromatic carbocycles. The van der Waals surface area contributed by atoms with Gasteiger partial charge in [0.15, 0.2) is 11.5 Å². The summed E-state index contributed by atoms with van der Waals surface area (Å²) in [4.78, 5) is 0. The summed E-state index contributed by atoms with van der Waals surface area (Å²) in [6.07, 6.45) is 5.14. The lowest BCUT2D eigenvalue weighted by Gasteiger charge is -2.17. The lowest BCUT2D eigenvalue weighted by atomic mass is 10.1. The molecule has 1 aromatic rings. The van der Waals surface area contributed by atoms with E-state index in [2.05, 4.69) is 0 Å². The van der Waals surface area contributed by atoms with E-state index >= 15 is 0 Å². The van der Waals surface area contributed by atoms with Gasteiger partial charge in [0.05, 0.1) is 19.6 Å². The second kappa shape index (κ2) is 6.53. The molecule has 0 amide bonds. The third kappa shape index (κ3) is 3.24. The van der Waals surface area contributed by atoms with Crippen LogP contribution in [0.3, 0.4) is 0 Å². The topological polar surface area (TPSA) is 18.5 Å². The third-order valence-corrected chi connectivity index (χ3v) is 3.90. The molecule has 0 aliphatic heterocycles. The Bertz CT molecular complexity index is 376. The molecule has 0 N–H and O–H groups in total. The first kappa shape index (κ1) is 13.8. The molecule has 1 saturated carbocycles. The molecule has 1 fully saturated rings. The zero-order chi connectivity index (χ0) is 13.0. The molecule has 100 valence electrons. The van der Waals surface area contributed by atoms with Crippen molar-refractivity contribution in [2.45, 2.75) is 31.6 Å². The smallest absolute Gasteiger partial charge is 0.165 e. The van der Waals surface area contributed by atoms with E-state index in [0.29, 0.717) is 22.6 Å². The van der Waals surface area contributed by atoms with Gasteiger partial charge in [-0.15, -0.1) is 11.6 Å². The Morgan fingerprint density at radius 2 is 2.00 bits per heavy atom. The van der Waals surface area contributed by atoms with Crippen LogP contribution in [0.5, 0.6) is 11.5 Å². The number of ether oxygens (including phenoxy) is 2. The highest BCUT2D eigenvalue weighted by Gasteiger charge is 2.18. The Morgan fingerprint density at radius 1 is 1.28 bits per heavy atom. The fraction of sp³-hybridized carbons (Fsp3) is 0.571. The van der Waals surface area contributed by atoms with Crippen LogP contribution in [0.15, 0.2) is 12.1 Å². The first-order chi connectivity index (χ1) is 8.74. The van der Waals surface area contributed by atoms with Gasteiger partial charge in [-0.2, -0.15) is 0 Å². The second-order valence-corrected chi connectivity index (χ2v) is 5.40. The molecule has 0 saturated heterocycles. The van der Waals surface area contributed by atoms with Crippen molar-refractivity contribution in [3.63, 3.8) is 0 Å². The van der Waals surface area contributed by atoms with Crippen LogP contribution in [0.4, 0.5) is 0 Å². The Kier molecular flexibility index (Phi) is 5.02. The molecule has 2 nitrogen and oxygen atoms in total. The average Bonchev–Trinajstić information content (AvgIpc) is 2.89. The summed E-state index contributed by atoms with van der Waals surface area (Å²) < 4.78 is 11.2. The molecular weight excluding hydrogens is 271 g/mol. The van der Waals surface area contributed by atoms with E-state index in [1.165, 1.54) is 25.7 Å². The normalized spacial score (nSPS) is 15.9. The summed E-state index contributed by atoms with van der Waals surface area (Å²) in [5.74, 6) is 2.44. The van der Waals surface area contributed by atoms with Gasteiger partial charge < -0.3 is 9.47 Å². The van der Waals surface area contributed by atoms with E-state index in [-0.39, 0.29) is 0 Å². The molecule has 1 aliphatic rings. The standard InChI is InChI=1S/C14H18Cl2O2/c1-17-13-7-12(16)6-11(8-15)14(13)18-9-10-4-2-3-5-10/h6-7,10H,2-5,8-9H2,1H3. The number of hydrogen-bond acceptors (Lipinski definition) is 2. The highest BCUT2D eigenvalue weighted by molar-refractivity contribution is 6.31. The monoisotopic (exact) mass is 288 g/mol. The zero-order valence-corrected chi connectivity index (χ0v) is 12.1. The molecule has 0 unspecified atom stereocenters. The minimum Gasteiger partial charge on any atom is -0.493 e. The quantitative estimate of drug-likeness (QED) is 0.734. The molecule has 0 bridgehead atoms. The van der Waals surface area contributed by atoms with E-state index in [1.54, 1.807) is 13.2 Å². The lowest BCUT2D eigenvalue weighted by Crippen LogP contribution is -2.10. The molecule has 2 rings (SSSR count). The van der Waals surface area contributed by atoms with Crippen LogP contribution in [-0.4, -0.2) is 13.7 Å². The molecule has 0 heterocycles. The average molecular weight is 289 g/mol. The molecule has 0 radical (unpaired) electrons. The minimum absolute atomic E-state index is 0.372. The fourth-order valence-electron chi connectivity index (χ4n) is 2.42. The van der Waals surface area contributed by atoms with Gasteiger partial charge in [0, 0.05) is 16.7 Å². The van der Waals surface area contributed by atoms with Crippen molar-refractivity contribution in [2.24, 2.45) is 5.92 Å². The minimum atomic E-state index is 0.372. The van der Waals surface area contributed by atoms with E-state index in [4.69, 9.17) is 32.7 Å². The van der Waals surface area contributed by atoms with Gasteiger partial charge in [0.1, 0.15) is 0 Å². The van der Waals surface area contributed by atoms with Crippen LogP contribution >= 0.6 is 23.2 Å². The first-order valence-corrected chi connectivity index (χ1v) is 7.21. The Labute approximate surface area is 118 Å². The Hall–Kier alpha value is -0.600. The van der Waals surface area contributed by atoms with Gasteiger partial charge >= 0.3 is 0 Å². The van der Waals surface area contributed by atoms with E-state index in [1.807, 2.05) is 6.07 Å². The number of hydrogen-bond donors (Lipinski definition) is 0. The fourth-order valence-corrected chi connectivity index (χ4v) is 2.84. The number of rotatable bonds is 5. The molecule has 18 heavy (non-hydrogen) atoms. The van der Waals surface area contributed by atoms with Gasteiger partial charge in [-0.05, 0) is 24.8 Å². The summed E-state index contributed by atoms with van der Waals surface area (Å²) >= 11 is 11.9. The van der Waals surface area contributed by atoms with Crippen molar-refractivity contribution < 1.29 is 9.47 Å². The maximum atomic E-state index is 6.01. The van der Waals surface area contributed by atoms with Gasteiger partial charge in [-0.25, -0.2) is 0 Å². The van der Waals surface area contributed by atoms with Gasteiger partial charge in [-0.3, -0.25) is 0 Å². The summed E-state index contributed by atoms with van der Waals surface area (Å²) in [7, 11) is 1.62. The van der Waals surface area contributed by atoms with Crippen LogP contribution in [0.2, 0.25) is 5.02 Å². The highest BCUT2D eigenvalue weighted by Crippen LogP contribution is 2.36. The zero-order valence-electron chi connectivity index (χ0n) is 10.5. The van der Waals surface area contributed by atoms with Crippen molar-refractivity contribution in [3.8, 4) is 11.5 Å². The predicted molar refractivity (Wildman–Crippen MR) is 75.0 cm³/mol. The number of halogens is 2. The maximum absolute atomic E-state index is 6.01. The summed E-state index contributed by atoms with van der Waals surface area (Å²) in [5.41, 5.74) is 0.888. The Balaban J connectivity index is 2.13. The van der Waals surface area contributed by atoms with Gasteiger partial charge in [-0.1, -0.05) is 24.4 Å². The number of alkyl halides is 1. The molecule has 0 atom stereocenters. The van der Waals surface area contributed by atoms with Gasteiger partial charge in [0.2, 0.25) is 0 Å². The molecule has 0 spiro atoms.